The van der Waals surface area contributed by atoms with Gasteiger partial charge in [0.15, 0.2) is 17.5 Å². The van der Waals surface area contributed by atoms with Crippen LogP contribution in [-0.2, 0) is 5.41 Å². The minimum absolute atomic E-state index is 0.138. The molecule has 0 spiro atoms. The topological polar surface area (TPSA) is 51.8 Å². The molecule has 50 heavy (non-hydrogen) atoms. The lowest BCUT2D eigenvalue weighted by atomic mass is 9.82. The molecule has 9 aromatic rings. The van der Waals surface area contributed by atoms with Crippen LogP contribution in [0.5, 0.6) is 0 Å². The molecule has 0 aliphatic heterocycles. The van der Waals surface area contributed by atoms with Crippen molar-refractivity contribution in [2.45, 2.75) is 19.3 Å². The molecule has 2 aromatic heterocycles. The molecule has 0 saturated heterocycles. The van der Waals surface area contributed by atoms with E-state index in [4.69, 9.17) is 19.4 Å². The van der Waals surface area contributed by atoms with Gasteiger partial charge in [0.2, 0.25) is 0 Å². The first-order valence-electron chi connectivity index (χ1n) is 17.0. The van der Waals surface area contributed by atoms with Gasteiger partial charge in [-0.3, -0.25) is 0 Å². The van der Waals surface area contributed by atoms with Crippen LogP contribution in [0.1, 0.15) is 25.0 Å². The van der Waals surface area contributed by atoms with E-state index in [0.717, 1.165) is 60.5 Å². The third-order valence-electron chi connectivity index (χ3n) is 10.4. The van der Waals surface area contributed by atoms with Crippen molar-refractivity contribution in [3.05, 3.63) is 163 Å². The summed E-state index contributed by atoms with van der Waals surface area (Å²) in [4.78, 5) is 15.7. The number of hydrogen-bond acceptors (Lipinski definition) is 4. The fourth-order valence-corrected chi connectivity index (χ4v) is 7.93. The Hall–Kier alpha value is -6.39. The van der Waals surface area contributed by atoms with Crippen molar-refractivity contribution in [2.75, 3.05) is 0 Å². The molecule has 0 unspecified atom stereocenters. The van der Waals surface area contributed by atoms with Crippen LogP contribution in [0.25, 0.3) is 89.1 Å². The highest BCUT2D eigenvalue weighted by molar-refractivity contribution is 6.13. The molecule has 0 radical (unpaired) electrons. The zero-order valence-corrected chi connectivity index (χ0v) is 27.7. The summed E-state index contributed by atoms with van der Waals surface area (Å²) in [5, 5.41) is 4.41. The second-order valence-electron chi connectivity index (χ2n) is 13.6. The van der Waals surface area contributed by atoms with Gasteiger partial charge in [-0.1, -0.05) is 147 Å². The Kier molecular flexibility index (Phi) is 6.19. The quantitative estimate of drug-likeness (QED) is 0.192. The lowest BCUT2D eigenvalue weighted by molar-refractivity contribution is 0.660. The summed E-state index contributed by atoms with van der Waals surface area (Å²) >= 11 is 0. The maximum absolute atomic E-state index is 6.52. The number of rotatable bonds is 4. The SMILES string of the molecule is CC1(C)c2ccccc2-c2c(-c3nc(-c4ccc5c(c4)oc4cccc(-c6ccccc6)c45)nc(-c4cccc5ccccc45)n3)cccc21. The van der Waals surface area contributed by atoms with E-state index in [-0.39, 0.29) is 5.41 Å². The average Bonchev–Trinajstić information content (AvgIpc) is 3.66. The van der Waals surface area contributed by atoms with Gasteiger partial charge in [-0.15, -0.1) is 0 Å². The first-order valence-corrected chi connectivity index (χ1v) is 17.0. The molecule has 0 saturated carbocycles. The largest absolute Gasteiger partial charge is 0.456 e. The molecule has 4 nitrogen and oxygen atoms in total. The molecule has 1 aliphatic carbocycles. The minimum Gasteiger partial charge on any atom is -0.456 e. The average molecular weight is 642 g/mol. The van der Waals surface area contributed by atoms with Gasteiger partial charge in [0.25, 0.3) is 0 Å². The summed E-state index contributed by atoms with van der Waals surface area (Å²) in [6, 6.07) is 53.0. The smallest absolute Gasteiger partial charge is 0.164 e. The maximum atomic E-state index is 6.52. The van der Waals surface area contributed by atoms with Crippen LogP contribution >= 0.6 is 0 Å². The molecule has 1 aliphatic rings. The molecule has 0 N–H and O–H groups in total. The zero-order valence-electron chi connectivity index (χ0n) is 27.7. The standard InChI is InChI=1S/C46H31N3O/c1-46(2)37-22-9-8-18-34(37)41-36(21-11-23-38(41)46)45-48-43(47-44(49-45)33-20-10-16-28-15-6-7-17-31(28)33)30-25-26-35-40(27-30)50-39-24-12-19-32(42(35)39)29-13-4-3-5-14-29/h3-27H,1-2H3. The van der Waals surface area contributed by atoms with E-state index in [1.807, 2.05) is 12.1 Å². The number of benzene rings is 7. The molecule has 10 rings (SSSR count). The molecule has 0 atom stereocenters. The predicted molar refractivity (Wildman–Crippen MR) is 204 cm³/mol. The Morgan fingerprint density at radius 1 is 0.440 bits per heavy atom. The third kappa shape index (κ3) is 4.28. The number of furan rings is 1. The summed E-state index contributed by atoms with van der Waals surface area (Å²) in [6.45, 7) is 4.60. The lowest BCUT2D eigenvalue weighted by Crippen LogP contribution is -2.14. The van der Waals surface area contributed by atoms with Crippen molar-refractivity contribution in [1.29, 1.82) is 0 Å². The molecule has 2 heterocycles. The van der Waals surface area contributed by atoms with Crippen molar-refractivity contribution in [3.8, 4) is 56.4 Å². The van der Waals surface area contributed by atoms with E-state index >= 15 is 0 Å². The highest BCUT2D eigenvalue weighted by atomic mass is 16.3. The number of nitrogens with zero attached hydrogens (tertiary/aromatic N) is 3. The van der Waals surface area contributed by atoms with Gasteiger partial charge in [0.1, 0.15) is 11.2 Å². The molecule has 7 aromatic carbocycles. The van der Waals surface area contributed by atoms with Crippen LogP contribution in [0.2, 0.25) is 0 Å². The van der Waals surface area contributed by atoms with E-state index in [0.29, 0.717) is 17.5 Å². The van der Waals surface area contributed by atoms with Crippen LogP contribution < -0.4 is 0 Å². The van der Waals surface area contributed by atoms with Gasteiger partial charge in [-0.05, 0) is 62.4 Å². The lowest BCUT2D eigenvalue weighted by Gasteiger charge is -2.21. The molecule has 0 fully saturated rings. The number of aromatic nitrogens is 3. The number of hydrogen-bond donors (Lipinski definition) is 0. The van der Waals surface area contributed by atoms with E-state index in [9.17, 15) is 0 Å². The van der Waals surface area contributed by atoms with Gasteiger partial charge < -0.3 is 4.42 Å². The highest BCUT2D eigenvalue weighted by Crippen LogP contribution is 2.51. The van der Waals surface area contributed by atoms with Crippen molar-refractivity contribution < 1.29 is 4.42 Å². The molecule has 236 valence electrons. The van der Waals surface area contributed by atoms with E-state index in [2.05, 4.69) is 153 Å². The van der Waals surface area contributed by atoms with E-state index in [1.165, 1.54) is 22.3 Å². The van der Waals surface area contributed by atoms with Crippen LogP contribution in [0.15, 0.2) is 156 Å². The Balaban J connectivity index is 1.21. The first kappa shape index (κ1) is 28.6. The van der Waals surface area contributed by atoms with E-state index < -0.39 is 0 Å². The predicted octanol–water partition coefficient (Wildman–Crippen LogP) is 11.9. The summed E-state index contributed by atoms with van der Waals surface area (Å²) in [5.41, 5.74) is 11.7. The summed E-state index contributed by atoms with van der Waals surface area (Å²) in [5.74, 6) is 1.89. The van der Waals surface area contributed by atoms with Crippen molar-refractivity contribution in [1.82, 2.24) is 15.0 Å². The minimum atomic E-state index is -0.138. The Morgan fingerprint density at radius 3 is 1.98 bits per heavy atom. The van der Waals surface area contributed by atoms with Crippen molar-refractivity contribution in [2.24, 2.45) is 0 Å². The van der Waals surface area contributed by atoms with Gasteiger partial charge in [0.05, 0.1) is 0 Å². The molecule has 0 bridgehead atoms. The molecule has 0 amide bonds. The van der Waals surface area contributed by atoms with Crippen molar-refractivity contribution in [3.63, 3.8) is 0 Å². The second kappa shape index (κ2) is 10.8. The Bertz CT molecular complexity index is 2790. The molecular formula is C46H31N3O. The highest BCUT2D eigenvalue weighted by Gasteiger charge is 2.37. The van der Waals surface area contributed by atoms with Crippen LogP contribution in [0, 0.1) is 0 Å². The molecular weight excluding hydrogens is 611 g/mol. The van der Waals surface area contributed by atoms with Gasteiger partial charge >= 0.3 is 0 Å². The number of fused-ring (bicyclic) bond motifs is 7. The van der Waals surface area contributed by atoms with Gasteiger partial charge in [0, 0.05) is 32.9 Å². The normalized spacial score (nSPS) is 13.2. The Labute approximate surface area is 289 Å². The second-order valence-corrected chi connectivity index (χ2v) is 13.6. The summed E-state index contributed by atoms with van der Waals surface area (Å²) < 4.78 is 6.52. The zero-order chi connectivity index (χ0) is 33.4. The van der Waals surface area contributed by atoms with Crippen molar-refractivity contribution >= 4 is 32.7 Å². The molecule has 4 heteroatoms. The Morgan fingerprint density at radius 2 is 1.08 bits per heavy atom. The monoisotopic (exact) mass is 641 g/mol. The van der Waals surface area contributed by atoms with Crippen LogP contribution in [0.4, 0.5) is 0 Å². The fourth-order valence-electron chi connectivity index (χ4n) is 7.93. The third-order valence-corrected chi connectivity index (χ3v) is 10.4. The fraction of sp³-hybridized carbons (Fsp3) is 0.0652. The van der Waals surface area contributed by atoms with Crippen LogP contribution in [-0.4, -0.2) is 15.0 Å². The van der Waals surface area contributed by atoms with Gasteiger partial charge in [-0.25, -0.2) is 15.0 Å². The maximum Gasteiger partial charge on any atom is 0.164 e. The first-order chi connectivity index (χ1) is 24.5. The summed E-state index contributed by atoms with van der Waals surface area (Å²) in [7, 11) is 0. The van der Waals surface area contributed by atoms with Crippen LogP contribution in [0.3, 0.4) is 0 Å². The van der Waals surface area contributed by atoms with E-state index in [1.54, 1.807) is 0 Å². The van der Waals surface area contributed by atoms with Gasteiger partial charge in [-0.2, -0.15) is 0 Å². The summed E-state index contributed by atoms with van der Waals surface area (Å²) in [6.07, 6.45) is 0.